The summed E-state index contributed by atoms with van der Waals surface area (Å²) in [6.45, 7) is 0.240. The smallest absolute Gasteiger partial charge is 0.433 e. The normalized spacial score (nSPS) is 22.8. The number of pyridine rings is 1. The maximum absolute atomic E-state index is 16.1. The summed E-state index contributed by atoms with van der Waals surface area (Å²) in [5, 5.41) is 10.2. The highest BCUT2D eigenvalue weighted by Gasteiger charge is 2.47. The molecule has 2 aliphatic heterocycles. The highest BCUT2D eigenvalue weighted by atomic mass is 32.2. The van der Waals surface area contributed by atoms with Crippen LogP contribution in [0.3, 0.4) is 0 Å². The number of hydrogen-bond donors (Lipinski definition) is 2. The van der Waals surface area contributed by atoms with Crippen molar-refractivity contribution in [1.29, 1.82) is 0 Å². The highest BCUT2D eigenvalue weighted by Crippen LogP contribution is 2.39. The number of carbonyl (C=O) groups excluding carboxylic acids is 3. The number of carbonyl (C=O) groups is 3. The molecular formula is C41H44F5N9O5S. The predicted molar refractivity (Wildman–Crippen MR) is 217 cm³/mol. The lowest BCUT2D eigenvalue weighted by molar-refractivity contribution is -0.141. The van der Waals surface area contributed by atoms with Crippen molar-refractivity contribution in [2.75, 3.05) is 43.2 Å². The number of imidazole rings is 1. The maximum Gasteiger partial charge on any atom is 0.433 e. The minimum Gasteiger partial charge on any atom is -0.612 e. The van der Waals surface area contributed by atoms with Crippen LogP contribution >= 0.6 is 0 Å². The third-order valence-electron chi connectivity index (χ3n) is 12.2. The van der Waals surface area contributed by atoms with Crippen LogP contribution in [0.1, 0.15) is 73.2 Å². The van der Waals surface area contributed by atoms with Crippen molar-refractivity contribution in [2.24, 2.45) is 13.0 Å². The summed E-state index contributed by atoms with van der Waals surface area (Å²) in [6.07, 6.45) is 1.94. The molecule has 2 N–H and O–H groups in total. The van der Waals surface area contributed by atoms with E-state index >= 15 is 8.78 Å². The molecule has 0 bridgehead atoms. The molecular weight excluding hydrogens is 826 g/mol. The topological polar surface area (TPSA) is 162 Å². The van der Waals surface area contributed by atoms with Gasteiger partial charge in [0.2, 0.25) is 11.8 Å². The number of halogens is 5. The van der Waals surface area contributed by atoms with Gasteiger partial charge in [0.15, 0.2) is 4.90 Å². The number of amides is 3. The number of aromatic nitrogens is 5. The second kappa shape index (κ2) is 16.2. The Bertz CT molecular complexity index is 2580. The maximum atomic E-state index is 16.1. The van der Waals surface area contributed by atoms with Crippen LogP contribution in [0.2, 0.25) is 0 Å². The molecule has 2 saturated heterocycles. The zero-order valence-electron chi connectivity index (χ0n) is 33.5. The Balaban J connectivity index is 0.905. The van der Waals surface area contributed by atoms with E-state index in [4.69, 9.17) is 5.10 Å². The fraction of sp³-hybridized carbons (Fsp3) is 0.463. The molecule has 324 valence electrons. The van der Waals surface area contributed by atoms with Gasteiger partial charge in [-0.05, 0) is 93.0 Å². The van der Waals surface area contributed by atoms with E-state index < -0.39 is 76.7 Å². The number of imide groups is 1. The van der Waals surface area contributed by atoms with Crippen LogP contribution < -0.4 is 21.2 Å². The van der Waals surface area contributed by atoms with Crippen molar-refractivity contribution in [3.63, 3.8) is 0 Å². The lowest BCUT2D eigenvalue weighted by atomic mass is 9.85. The Kier molecular flexibility index (Phi) is 11.2. The van der Waals surface area contributed by atoms with Gasteiger partial charge in [0.05, 0.1) is 46.6 Å². The molecule has 5 heterocycles. The molecule has 20 heteroatoms. The van der Waals surface area contributed by atoms with Gasteiger partial charge >= 0.3 is 11.9 Å². The second-order valence-corrected chi connectivity index (χ2v) is 17.6. The number of nitrogens with one attached hydrogen (secondary N) is 2. The Morgan fingerprint density at radius 1 is 1.05 bits per heavy atom. The molecule has 1 saturated carbocycles. The lowest BCUT2D eigenvalue weighted by Crippen LogP contribution is -2.58. The van der Waals surface area contributed by atoms with E-state index in [0.29, 0.717) is 40.7 Å². The number of benzene rings is 2. The number of para-hydroxylation sites is 1. The van der Waals surface area contributed by atoms with Gasteiger partial charge in [0, 0.05) is 44.2 Å². The van der Waals surface area contributed by atoms with E-state index in [0.717, 1.165) is 43.9 Å². The highest BCUT2D eigenvalue weighted by molar-refractivity contribution is 7.90. The van der Waals surface area contributed by atoms with Crippen LogP contribution in [0.5, 0.6) is 0 Å². The van der Waals surface area contributed by atoms with Gasteiger partial charge in [-0.3, -0.25) is 38.4 Å². The molecule has 3 fully saturated rings. The van der Waals surface area contributed by atoms with Crippen LogP contribution in [0.25, 0.3) is 21.9 Å². The van der Waals surface area contributed by atoms with Crippen molar-refractivity contribution in [2.45, 2.75) is 80.1 Å². The van der Waals surface area contributed by atoms with Crippen molar-refractivity contribution >= 4 is 62.2 Å². The summed E-state index contributed by atoms with van der Waals surface area (Å²) < 4.78 is 89.2. The fourth-order valence-electron chi connectivity index (χ4n) is 9.21. The summed E-state index contributed by atoms with van der Waals surface area (Å²) in [7, 11) is 3.29. The molecule has 3 unspecified atom stereocenters. The number of fused-ring (bicyclic) bond motifs is 2. The Morgan fingerprint density at radius 3 is 2.48 bits per heavy atom. The minimum atomic E-state index is -4.73. The standard InChI is InChI=1S/C41H44F5N9O5S/c1-51(34-16-17-53(22-40(34,42)43)29-7-5-8-30-36(29)52(2)39(59)55(30)31-14-15-35(56)49-38(31)58)20-23-10-12-25(13-11-23)54-21-24-18-28(32(61(3)60)19-27(24)50-54)48-37(57)26-6-4-9-33(47-26)41(44,45)46/h4-9,18-19,21,23,25,31,34H,10-17,20,22H2,1-3H3,(H,48,57)(H,49,56,58)/t23-,25-,31?,34?,61?. The zero-order valence-corrected chi connectivity index (χ0v) is 34.4. The average Bonchev–Trinajstić information content (AvgIpc) is 3.74. The molecule has 3 atom stereocenters. The number of nitrogens with zero attached hydrogens (tertiary/aromatic N) is 7. The van der Waals surface area contributed by atoms with E-state index in [1.165, 1.54) is 15.4 Å². The first-order valence-corrected chi connectivity index (χ1v) is 21.5. The molecule has 8 rings (SSSR count). The van der Waals surface area contributed by atoms with Crippen molar-refractivity contribution in [3.8, 4) is 0 Å². The Morgan fingerprint density at radius 2 is 1.79 bits per heavy atom. The van der Waals surface area contributed by atoms with Crippen molar-refractivity contribution < 1.29 is 40.9 Å². The van der Waals surface area contributed by atoms with Crippen molar-refractivity contribution in [3.05, 3.63) is 76.6 Å². The SMILES string of the molecule is CN(C[C@H]1CC[C@H](n2cc3cc(NC(=O)c4cccc(C(F)(F)F)n4)c([S+](C)[O-])cc3n2)CC1)C1CCN(c2cccc3c2n(C)c(=O)n3C2CCC(=O)NC2=O)CC1(F)F. The van der Waals surface area contributed by atoms with E-state index in [1.807, 2.05) is 10.9 Å². The zero-order chi connectivity index (χ0) is 43.5. The first-order valence-electron chi connectivity index (χ1n) is 20.0. The molecule has 5 aromatic rings. The van der Waals surface area contributed by atoms with Gasteiger partial charge < -0.3 is 14.8 Å². The van der Waals surface area contributed by atoms with E-state index in [1.54, 1.807) is 54.2 Å². The van der Waals surface area contributed by atoms with Crippen molar-refractivity contribution in [1.82, 2.24) is 34.1 Å². The monoisotopic (exact) mass is 869 g/mol. The summed E-state index contributed by atoms with van der Waals surface area (Å²) in [5.74, 6) is -4.79. The third-order valence-corrected chi connectivity index (χ3v) is 13.2. The van der Waals surface area contributed by atoms with Gasteiger partial charge in [0.25, 0.3) is 11.8 Å². The van der Waals surface area contributed by atoms with E-state index in [9.17, 15) is 36.9 Å². The second-order valence-electron chi connectivity index (χ2n) is 16.3. The van der Waals surface area contributed by atoms with Gasteiger partial charge in [0.1, 0.15) is 23.7 Å². The van der Waals surface area contributed by atoms with Crippen LogP contribution in [-0.4, -0.2) is 96.0 Å². The average molecular weight is 870 g/mol. The minimum absolute atomic E-state index is 0.00471. The number of hydrogen-bond acceptors (Lipinski definition) is 9. The first kappa shape index (κ1) is 42.4. The first-order chi connectivity index (χ1) is 28.9. The van der Waals surface area contributed by atoms with Gasteiger partial charge in [-0.2, -0.15) is 18.3 Å². The predicted octanol–water partition coefficient (Wildman–Crippen LogP) is 5.65. The van der Waals surface area contributed by atoms with Crippen LogP contribution in [0.15, 0.2) is 64.4 Å². The Labute approximate surface area is 349 Å². The Hall–Kier alpha value is -5.34. The summed E-state index contributed by atoms with van der Waals surface area (Å²) >= 11 is -1.58. The number of alkyl halides is 5. The van der Waals surface area contributed by atoms with Crippen LogP contribution in [-0.2, 0) is 34.0 Å². The molecule has 3 amide bonds. The molecule has 61 heavy (non-hydrogen) atoms. The van der Waals surface area contributed by atoms with Gasteiger partial charge in [-0.15, -0.1) is 0 Å². The van der Waals surface area contributed by atoms with E-state index in [-0.39, 0.29) is 41.8 Å². The molecule has 3 aromatic heterocycles. The quantitative estimate of drug-likeness (QED) is 0.108. The lowest BCUT2D eigenvalue weighted by Gasteiger charge is -2.44. The largest absolute Gasteiger partial charge is 0.612 e. The summed E-state index contributed by atoms with van der Waals surface area (Å²) in [4.78, 5) is 57.9. The number of anilines is 2. The summed E-state index contributed by atoms with van der Waals surface area (Å²) in [6, 6.07) is 9.38. The third kappa shape index (κ3) is 8.24. The van der Waals surface area contributed by atoms with Gasteiger partial charge in [-0.1, -0.05) is 12.1 Å². The van der Waals surface area contributed by atoms with Crippen LogP contribution in [0, 0.1) is 5.92 Å². The molecule has 1 aliphatic carbocycles. The molecule has 2 aromatic carbocycles. The van der Waals surface area contributed by atoms with Gasteiger partial charge in [-0.25, -0.2) is 18.6 Å². The molecule has 0 radical (unpaired) electrons. The van der Waals surface area contributed by atoms with E-state index in [2.05, 4.69) is 15.6 Å². The fourth-order valence-corrected chi connectivity index (χ4v) is 9.90. The number of piperidine rings is 2. The molecule has 0 spiro atoms. The number of rotatable bonds is 9. The molecule has 14 nitrogen and oxygen atoms in total. The van der Waals surface area contributed by atoms with Crippen LogP contribution in [0.4, 0.5) is 33.3 Å². The number of aryl methyl sites for hydroxylation is 1. The molecule has 3 aliphatic rings. The summed E-state index contributed by atoms with van der Waals surface area (Å²) in [5.41, 5.74) is -0.0729.